The molecular formula is C11H14N2O2. The minimum atomic E-state index is -0.211. The van der Waals surface area contributed by atoms with Crippen molar-refractivity contribution in [1.29, 1.82) is 0 Å². The van der Waals surface area contributed by atoms with Crippen molar-refractivity contribution in [3.8, 4) is 0 Å². The topological polar surface area (TPSA) is 53.2 Å². The lowest BCUT2D eigenvalue weighted by Gasteiger charge is -2.14. The molecule has 15 heavy (non-hydrogen) atoms. The van der Waals surface area contributed by atoms with E-state index < -0.39 is 0 Å². The molecule has 1 aromatic heterocycles. The van der Waals surface area contributed by atoms with Gasteiger partial charge in [0.25, 0.3) is 5.91 Å². The van der Waals surface area contributed by atoms with Crippen LogP contribution in [0.2, 0.25) is 0 Å². The summed E-state index contributed by atoms with van der Waals surface area (Å²) in [4.78, 5) is 27.6. The Labute approximate surface area is 87.9 Å². The van der Waals surface area contributed by atoms with Crippen LogP contribution in [-0.4, -0.2) is 28.9 Å². The van der Waals surface area contributed by atoms with Gasteiger partial charge in [-0.3, -0.25) is 9.59 Å². The summed E-state index contributed by atoms with van der Waals surface area (Å²) in [6.07, 6.45) is 2.13. The molecular weight excluding hydrogens is 192 g/mol. The predicted molar refractivity (Wildman–Crippen MR) is 56.9 cm³/mol. The minimum Gasteiger partial charge on any atom is -0.339 e. The first-order chi connectivity index (χ1) is 7.16. The van der Waals surface area contributed by atoms with E-state index in [2.05, 4.69) is 4.98 Å². The maximum atomic E-state index is 11.9. The Morgan fingerprint density at radius 3 is 2.60 bits per heavy atom. The van der Waals surface area contributed by atoms with E-state index in [9.17, 15) is 9.59 Å². The Morgan fingerprint density at radius 2 is 2.00 bits per heavy atom. The van der Waals surface area contributed by atoms with Crippen LogP contribution in [0.4, 0.5) is 0 Å². The largest absolute Gasteiger partial charge is 0.339 e. The van der Waals surface area contributed by atoms with Crippen molar-refractivity contribution in [2.75, 3.05) is 13.1 Å². The van der Waals surface area contributed by atoms with Crippen molar-refractivity contribution >= 4 is 5.91 Å². The van der Waals surface area contributed by atoms with E-state index in [0.29, 0.717) is 5.56 Å². The van der Waals surface area contributed by atoms with Gasteiger partial charge in [-0.2, -0.15) is 0 Å². The second kappa shape index (κ2) is 3.88. The molecule has 0 bridgehead atoms. The van der Waals surface area contributed by atoms with Gasteiger partial charge in [0.2, 0.25) is 5.56 Å². The van der Waals surface area contributed by atoms with Crippen LogP contribution in [0, 0.1) is 6.92 Å². The number of pyridine rings is 1. The number of hydrogen-bond donors (Lipinski definition) is 1. The summed E-state index contributed by atoms with van der Waals surface area (Å²) in [5.74, 6) is -0.0262. The molecule has 0 aliphatic carbocycles. The number of rotatable bonds is 1. The highest BCUT2D eigenvalue weighted by molar-refractivity contribution is 5.94. The van der Waals surface area contributed by atoms with Gasteiger partial charge in [0, 0.05) is 30.4 Å². The Hall–Kier alpha value is -1.58. The smallest absolute Gasteiger partial charge is 0.254 e. The van der Waals surface area contributed by atoms with Gasteiger partial charge in [-0.15, -0.1) is 0 Å². The zero-order chi connectivity index (χ0) is 10.8. The molecule has 1 aliphatic rings. The van der Waals surface area contributed by atoms with Crippen molar-refractivity contribution in [2.24, 2.45) is 0 Å². The highest BCUT2D eigenvalue weighted by Gasteiger charge is 2.19. The third kappa shape index (κ3) is 2.09. The number of carbonyl (C=O) groups excluding carboxylic acids is 1. The Morgan fingerprint density at radius 1 is 1.33 bits per heavy atom. The van der Waals surface area contributed by atoms with Crippen LogP contribution in [0.15, 0.2) is 16.9 Å². The average Bonchev–Trinajstić information content (AvgIpc) is 2.67. The van der Waals surface area contributed by atoms with Gasteiger partial charge in [0.05, 0.1) is 0 Å². The zero-order valence-corrected chi connectivity index (χ0v) is 8.75. The summed E-state index contributed by atoms with van der Waals surface area (Å²) >= 11 is 0. The number of likely N-dealkylation sites (tertiary alicyclic amines) is 1. The number of nitrogens with one attached hydrogen (secondary N) is 1. The van der Waals surface area contributed by atoms with Crippen LogP contribution in [0.1, 0.15) is 28.9 Å². The number of H-pyrrole nitrogens is 1. The molecule has 1 N–H and O–H groups in total. The number of nitrogens with zero attached hydrogens (tertiary/aromatic N) is 1. The molecule has 1 amide bonds. The van der Waals surface area contributed by atoms with Crippen molar-refractivity contribution in [2.45, 2.75) is 19.8 Å². The summed E-state index contributed by atoms with van der Waals surface area (Å²) in [7, 11) is 0. The van der Waals surface area contributed by atoms with E-state index in [4.69, 9.17) is 0 Å². The monoisotopic (exact) mass is 206 g/mol. The van der Waals surface area contributed by atoms with E-state index in [-0.39, 0.29) is 11.5 Å². The predicted octanol–water partition coefficient (Wildman–Crippen LogP) is 0.919. The van der Waals surface area contributed by atoms with Gasteiger partial charge in [0.15, 0.2) is 0 Å². The second-order valence-corrected chi connectivity index (χ2v) is 3.92. The fourth-order valence-electron chi connectivity index (χ4n) is 1.91. The van der Waals surface area contributed by atoms with Gasteiger partial charge in [-0.05, 0) is 25.8 Å². The van der Waals surface area contributed by atoms with Crippen LogP contribution in [0.5, 0.6) is 0 Å². The first kappa shape index (κ1) is 9.96. The summed E-state index contributed by atoms with van der Waals surface area (Å²) < 4.78 is 0. The van der Waals surface area contributed by atoms with Gasteiger partial charge < -0.3 is 9.88 Å². The second-order valence-electron chi connectivity index (χ2n) is 3.92. The molecule has 1 aliphatic heterocycles. The number of aromatic amines is 1. The standard InChI is InChI=1S/C11H14N2O2/c1-8-6-9(7-10(14)12-8)11(15)13-4-2-3-5-13/h6-7H,2-5H2,1H3,(H,12,14). The first-order valence-electron chi connectivity index (χ1n) is 5.17. The van der Waals surface area contributed by atoms with Gasteiger partial charge in [-0.25, -0.2) is 0 Å². The molecule has 2 rings (SSSR count). The lowest BCUT2D eigenvalue weighted by molar-refractivity contribution is 0.0792. The number of carbonyl (C=O) groups is 1. The van der Waals surface area contributed by atoms with E-state index in [1.54, 1.807) is 17.9 Å². The number of hydrogen-bond acceptors (Lipinski definition) is 2. The third-order valence-electron chi connectivity index (χ3n) is 2.62. The average molecular weight is 206 g/mol. The molecule has 1 aromatic rings. The maximum Gasteiger partial charge on any atom is 0.254 e. The van der Waals surface area contributed by atoms with E-state index >= 15 is 0 Å². The molecule has 80 valence electrons. The van der Waals surface area contributed by atoms with Gasteiger partial charge >= 0.3 is 0 Å². The van der Waals surface area contributed by atoms with E-state index in [1.807, 2.05) is 0 Å². The number of aromatic nitrogens is 1. The molecule has 2 heterocycles. The highest BCUT2D eigenvalue weighted by Crippen LogP contribution is 2.11. The minimum absolute atomic E-state index is 0.0262. The lowest BCUT2D eigenvalue weighted by Crippen LogP contribution is -2.28. The molecule has 0 spiro atoms. The van der Waals surface area contributed by atoms with Crippen LogP contribution < -0.4 is 5.56 Å². The normalized spacial score (nSPS) is 15.7. The van der Waals surface area contributed by atoms with Crippen LogP contribution in [0.25, 0.3) is 0 Å². The highest BCUT2D eigenvalue weighted by atomic mass is 16.2. The summed E-state index contributed by atoms with van der Waals surface area (Å²) in [5.41, 5.74) is 1.01. The SMILES string of the molecule is Cc1cc(C(=O)N2CCCC2)cc(=O)[nH]1. The van der Waals surface area contributed by atoms with E-state index in [0.717, 1.165) is 31.6 Å². The zero-order valence-electron chi connectivity index (χ0n) is 8.75. The number of aryl methyl sites for hydroxylation is 1. The fraction of sp³-hybridized carbons (Fsp3) is 0.455. The Kier molecular flexibility index (Phi) is 2.58. The maximum absolute atomic E-state index is 11.9. The summed E-state index contributed by atoms with van der Waals surface area (Å²) in [6.45, 7) is 3.40. The lowest BCUT2D eigenvalue weighted by atomic mass is 10.2. The van der Waals surface area contributed by atoms with Crippen LogP contribution in [-0.2, 0) is 0 Å². The molecule has 0 atom stereocenters. The molecule has 0 aromatic carbocycles. The summed E-state index contributed by atoms with van der Waals surface area (Å²) in [6, 6.07) is 3.09. The molecule has 1 saturated heterocycles. The molecule has 0 unspecified atom stereocenters. The quantitative estimate of drug-likeness (QED) is 0.742. The first-order valence-corrected chi connectivity index (χ1v) is 5.17. The molecule has 1 fully saturated rings. The third-order valence-corrected chi connectivity index (χ3v) is 2.62. The summed E-state index contributed by atoms with van der Waals surface area (Å²) in [5, 5.41) is 0. The van der Waals surface area contributed by atoms with Crippen molar-refractivity contribution in [3.05, 3.63) is 33.7 Å². The van der Waals surface area contributed by atoms with E-state index in [1.165, 1.54) is 6.07 Å². The fourth-order valence-corrected chi connectivity index (χ4v) is 1.91. The Bertz CT molecular complexity index is 430. The van der Waals surface area contributed by atoms with Crippen LogP contribution >= 0.6 is 0 Å². The van der Waals surface area contributed by atoms with Gasteiger partial charge in [0.1, 0.15) is 0 Å². The number of amides is 1. The van der Waals surface area contributed by atoms with Crippen molar-refractivity contribution < 1.29 is 4.79 Å². The van der Waals surface area contributed by atoms with Crippen molar-refractivity contribution in [3.63, 3.8) is 0 Å². The molecule has 0 radical (unpaired) electrons. The molecule has 0 saturated carbocycles. The Balaban J connectivity index is 2.28. The van der Waals surface area contributed by atoms with Crippen LogP contribution in [0.3, 0.4) is 0 Å². The van der Waals surface area contributed by atoms with Crippen molar-refractivity contribution in [1.82, 2.24) is 9.88 Å². The van der Waals surface area contributed by atoms with Gasteiger partial charge in [-0.1, -0.05) is 0 Å². The molecule has 4 heteroatoms. The molecule has 4 nitrogen and oxygen atoms in total.